The molecule has 0 spiro atoms. The van der Waals surface area contributed by atoms with Crippen LogP contribution in [0.2, 0.25) is 5.02 Å². The minimum atomic E-state index is -0.718. The zero-order valence-corrected chi connectivity index (χ0v) is 17.1. The Labute approximate surface area is 173 Å². The topological polar surface area (TPSA) is 99.7 Å². The van der Waals surface area contributed by atoms with E-state index in [-0.39, 0.29) is 17.4 Å². The van der Waals surface area contributed by atoms with E-state index in [1.165, 1.54) is 6.07 Å². The molecule has 2 aromatic rings. The summed E-state index contributed by atoms with van der Waals surface area (Å²) in [5.41, 5.74) is 2.82. The molecule has 1 heterocycles. The van der Waals surface area contributed by atoms with Crippen molar-refractivity contribution in [2.24, 2.45) is 0 Å². The van der Waals surface area contributed by atoms with Gasteiger partial charge >= 0.3 is 6.03 Å². The summed E-state index contributed by atoms with van der Waals surface area (Å²) in [6.45, 7) is 5.70. The molecule has 1 aliphatic rings. The summed E-state index contributed by atoms with van der Waals surface area (Å²) in [6.07, 6.45) is 0. The second kappa shape index (κ2) is 8.45. The lowest BCUT2D eigenvalue weighted by Gasteiger charge is -2.29. The second-order valence-electron chi connectivity index (χ2n) is 6.65. The molecule has 1 aliphatic heterocycles. The number of hydrogen-bond acceptors (Lipinski definition) is 4. The van der Waals surface area contributed by atoms with Crippen molar-refractivity contribution in [3.05, 3.63) is 63.8 Å². The summed E-state index contributed by atoms with van der Waals surface area (Å²) >= 11 is 6.15. The predicted molar refractivity (Wildman–Crippen MR) is 111 cm³/mol. The molecule has 29 heavy (non-hydrogen) atoms. The molecule has 0 radical (unpaired) electrons. The van der Waals surface area contributed by atoms with E-state index < -0.39 is 12.1 Å². The van der Waals surface area contributed by atoms with Gasteiger partial charge in [0.05, 0.1) is 18.2 Å². The fourth-order valence-electron chi connectivity index (χ4n) is 3.10. The highest BCUT2D eigenvalue weighted by atomic mass is 35.5. The summed E-state index contributed by atoms with van der Waals surface area (Å²) in [4.78, 5) is 25.1. The van der Waals surface area contributed by atoms with Gasteiger partial charge in [0.2, 0.25) is 0 Å². The summed E-state index contributed by atoms with van der Waals surface area (Å²) < 4.78 is 5.43. The number of allylic oxidation sites excluding steroid dienone is 1. The molecule has 0 saturated carbocycles. The Hall–Kier alpha value is -3.19. The van der Waals surface area contributed by atoms with E-state index in [0.29, 0.717) is 34.2 Å². The number of carbonyl (C=O) groups excluding carboxylic acids is 2. The van der Waals surface area contributed by atoms with Crippen LogP contribution in [-0.2, 0) is 4.79 Å². The summed E-state index contributed by atoms with van der Waals surface area (Å²) in [5.74, 6) is -0.122. The van der Waals surface area contributed by atoms with Crippen LogP contribution in [0.15, 0.2) is 47.7 Å². The molecule has 152 valence electrons. The van der Waals surface area contributed by atoms with Crippen LogP contribution in [0.5, 0.6) is 11.5 Å². The van der Waals surface area contributed by atoms with Crippen molar-refractivity contribution in [1.29, 1.82) is 0 Å². The number of hydrogen-bond donors (Lipinski definition) is 4. The Morgan fingerprint density at radius 2 is 2.00 bits per heavy atom. The number of urea groups is 1. The monoisotopic (exact) mass is 415 g/mol. The summed E-state index contributed by atoms with van der Waals surface area (Å²) in [7, 11) is 0. The van der Waals surface area contributed by atoms with E-state index in [9.17, 15) is 14.7 Å². The Bertz CT molecular complexity index is 1000. The van der Waals surface area contributed by atoms with Gasteiger partial charge in [0.25, 0.3) is 5.91 Å². The lowest BCUT2D eigenvalue weighted by molar-refractivity contribution is -0.113. The molecule has 0 saturated heterocycles. The predicted octanol–water partition coefficient (Wildman–Crippen LogP) is 4.02. The number of anilines is 1. The highest BCUT2D eigenvalue weighted by molar-refractivity contribution is 6.31. The lowest BCUT2D eigenvalue weighted by atomic mass is 9.94. The van der Waals surface area contributed by atoms with Gasteiger partial charge in [0.15, 0.2) is 11.5 Å². The standard InChI is InChI=1S/C21H22ClN3O4/c1-4-29-17-9-13(6-8-16(17)26)19-18(12(3)23-21(28)25-19)20(27)24-14-7-5-11(2)15(22)10-14/h5-10,19,26H,4H2,1-3H3,(H,24,27)(H2,23,25,28)/t19-/m1/s1. The minimum Gasteiger partial charge on any atom is -0.504 e. The molecule has 0 fully saturated rings. The van der Waals surface area contributed by atoms with Crippen molar-refractivity contribution in [2.75, 3.05) is 11.9 Å². The molecular weight excluding hydrogens is 394 g/mol. The fraction of sp³-hybridized carbons (Fsp3) is 0.238. The molecule has 0 bridgehead atoms. The largest absolute Gasteiger partial charge is 0.504 e. The highest BCUT2D eigenvalue weighted by Crippen LogP contribution is 2.34. The maximum Gasteiger partial charge on any atom is 0.319 e. The number of carbonyl (C=O) groups is 2. The fourth-order valence-corrected chi connectivity index (χ4v) is 3.28. The van der Waals surface area contributed by atoms with Crippen molar-refractivity contribution >= 4 is 29.2 Å². The third kappa shape index (κ3) is 4.46. The van der Waals surface area contributed by atoms with Gasteiger partial charge in [-0.3, -0.25) is 4.79 Å². The van der Waals surface area contributed by atoms with E-state index in [1.54, 1.807) is 38.1 Å². The Morgan fingerprint density at radius 3 is 2.69 bits per heavy atom. The number of nitrogens with one attached hydrogen (secondary N) is 3. The van der Waals surface area contributed by atoms with E-state index in [4.69, 9.17) is 16.3 Å². The first-order valence-electron chi connectivity index (χ1n) is 9.11. The van der Waals surface area contributed by atoms with Crippen molar-refractivity contribution in [2.45, 2.75) is 26.8 Å². The number of ether oxygens (including phenoxy) is 1. The van der Waals surface area contributed by atoms with Gasteiger partial charge in [-0.1, -0.05) is 23.7 Å². The maximum absolute atomic E-state index is 13.1. The average Bonchev–Trinajstić information content (AvgIpc) is 2.66. The molecular formula is C21H22ClN3O4. The van der Waals surface area contributed by atoms with Crippen LogP contribution >= 0.6 is 11.6 Å². The van der Waals surface area contributed by atoms with Crippen LogP contribution < -0.4 is 20.7 Å². The van der Waals surface area contributed by atoms with Gasteiger partial charge in [0.1, 0.15) is 0 Å². The first-order valence-corrected chi connectivity index (χ1v) is 9.49. The van der Waals surface area contributed by atoms with E-state index in [2.05, 4.69) is 16.0 Å². The highest BCUT2D eigenvalue weighted by Gasteiger charge is 2.31. The number of phenols is 1. The van der Waals surface area contributed by atoms with Gasteiger partial charge in [-0.15, -0.1) is 0 Å². The Kier molecular flexibility index (Phi) is 5.98. The van der Waals surface area contributed by atoms with Crippen LogP contribution in [0.1, 0.15) is 31.0 Å². The number of aryl methyl sites for hydroxylation is 1. The van der Waals surface area contributed by atoms with Gasteiger partial charge < -0.3 is 25.8 Å². The third-order valence-corrected chi connectivity index (χ3v) is 4.97. The molecule has 1 atom stereocenters. The van der Waals surface area contributed by atoms with Crippen LogP contribution in [0.25, 0.3) is 0 Å². The molecule has 7 nitrogen and oxygen atoms in total. The first kappa shape index (κ1) is 20.5. The van der Waals surface area contributed by atoms with E-state index in [1.807, 2.05) is 13.0 Å². The van der Waals surface area contributed by atoms with Crippen LogP contribution in [0, 0.1) is 6.92 Å². The van der Waals surface area contributed by atoms with Crippen molar-refractivity contribution in [1.82, 2.24) is 10.6 Å². The Morgan fingerprint density at radius 1 is 1.24 bits per heavy atom. The number of amides is 3. The van der Waals surface area contributed by atoms with Gasteiger partial charge in [0, 0.05) is 16.4 Å². The van der Waals surface area contributed by atoms with Gasteiger partial charge in [-0.25, -0.2) is 4.79 Å². The molecule has 4 N–H and O–H groups in total. The molecule has 8 heteroatoms. The second-order valence-corrected chi connectivity index (χ2v) is 7.06. The Balaban J connectivity index is 1.96. The van der Waals surface area contributed by atoms with Crippen molar-refractivity contribution in [3.63, 3.8) is 0 Å². The van der Waals surface area contributed by atoms with Gasteiger partial charge in [-0.05, 0) is 56.2 Å². The summed E-state index contributed by atoms with van der Waals surface area (Å²) in [5, 5.41) is 18.7. The zero-order valence-electron chi connectivity index (χ0n) is 16.3. The van der Waals surface area contributed by atoms with E-state index in [0.717, 1.165) is 5.56 Å². The van der Waals surface area contributed by atoms with Crippen molar-refractivity contribution < 1.29 is 19.4 Å². The average molecular weight is 416 g/mol. The number of benzene rings is 2. The maximum atomic E-state index is 13.1. The normalized spacial score (nSPS) is 16.1. The number of aromatic hydroxyl groups is 1. The van der Waals surface area contributed by atoms with Crippen LogP contribution in [-0.4, -0.2) is 23.7 Å². The SMILES string of the molecule is CCOc1cc([C@H]2NC(=O)NC(C)=C2C(=O)Nc2ccc(C)c(Cl)c2)ccc1O. The lowest BCUT2D eigenvalue weighted by Crippen LogP contribution is -2.45. The van der Waals surface area contributed by atoms with Crippen LogP contribution in [0.3, 0.4) is 0 Å². The van der Waals surface area contributed by atoms with Crippen molar-refractivity contribution in [3.8, 4) is 11.5 Å². The smallest absolute Gasteiger partial charge is 0.319 e. The number of halogens is 1. The number of rotatable bonds is 5. The van der Waals surface area contributed by atoms with Crippen LogP contribution in [0.4, 0.5) is 10.5 Å². The molecule has 0 aromatic heterocycles. The molecule has 2 aromatic carbocycles. The number of phenolic OH excluding ortho intramolecular Hbond substituents is 1. The zero-order chi connectivity index (χ0) is 21.1. The summed E-state index contributed by atoms with van der Waals surface area (Å²) in [6, 6.07) is 8.81. The third-order valence-electron chi connectivity index (χ3n) is 4.56. The molecule has 3 rings (SSSR count). The minimum absolute atomic E-state index is 0.0168. The van der Waals surface area contributed by atoms with E-state index >= 15 is 0 Å². The molecule has 3 amide bonds. The van der Waals surface area contributed by atoms with Gasteiger partial charge in [-0.2, -0.15) is 0 Å². The molecule has 0 unspecified atom stereocenters. The first-order chi connectivity index (χ1) is 13.8. The molecule has 0 aliphatic carbocycles. The quantitative estimate of drug-likeness (QED) is 0.592.